The first kappa shape index (κ1) is 22.6. The maximum atomic E-state index is 13.4. The highest BCUT2D eigenvalue weighted by Crippen LogP contribution is 2.21. The first-order valence-corrected chi connectivity index (χ1v) is 10.7. The van der Waals surface area contributed by atoms with Gasteiger partial charge in [0.2, 0.25) is 5.91 Å². The normalized spacial score (nSPS) is 11.1. The van der Waals surface area contributed by atoms with Gasteiger partial charge in [0.05, 0.1) is 40.5 Å². The summed E-state index contributed by atoms with van der Waals surface area (Å²) in [5.41, 5.74) is 1.28. The lowest BCUT2D eigenvalue weighted by atomic mass is 10.2. The van der Waals surface area contributed by atoms with Gasteiger partial charge in [0.25, 0.3) is 11.1 Å². The number of pyridine rings is 1. The zero-order valence-corrected chi connectivity index (χ0v) is 19.0. The fraction of sp³-hybridized carbons (Fsp3) is 0.208. The summed E-state index contributed by atoms with van der Waals surface area (Å²) in [5.74, 6) is -0.275. The number of aromatic nitrogens is 3. The van der Waals surface area contributed by atoms with Gasteiger partial charge >= 0.3 is 0 Å². The molecule has 0 saturated heterocycles. The van der Waals surface area contributed by atoms with Gasteiger partial charge in [0.1, 0.15) is 6.54 Å². The van der Waals surface area contributed by atoms with Crippen LogP contribution in [0.25, 0.3) is 16.6 Å². The number of fused-ring (bicyclic) bond motifs is 1. The molecule has 0 saturated carbocycles. The molecule has 2 aromatic carbocycles. The Hall–Kier alpha value is -3.62. The van der Waals surface area contributed by atoms with Crippen molar-refractivity contribution >= 4 is 28.4 Å². The fourth-order valence-electron chi connectivity index (χ4n) is 3.55. The molecule has 8 nitrogen and oxygen atoms in total. The molecule has 0 radical (unpaired) electrons. The summed E-state index contributed by atoms with van der Waals surface area (Å²) in [7, 11) is 3.22. The van der Waals surface area contributed by atoms with Crippen LogP contribution in [0.4, 0.5) is 0 Å². The van der Waals surface area contributed by atoms with Crippen LogP contribution >= 0.6 is 11.6 Å². The van der Waals surface area contributed by atoms with Gasteiger partial charge in [-0.3, -0.25) is 24.0 Å². The topological polar surface area (TPSA) is 89.3 Å². The summed E-state index contributed by atoms with van der Waals surface area (Å²) >= 11 is 6.29. The monoisotopic (exact) mass is 466 g/mol. The predicted octanol–water partition coefficient (Wildman–Crippen LogP) is 2.94. The molecule has 0 fully saturated rings. The molecule has 2 heterocycles. The molecule has 0 aliphatic carbocycles. The molecule has 4 rings (SSSR count). The number of nitrogens with one attached hydrogen (secondary N) is 1. The van der Waals surface area contributed by atoms with Crippen molar-refractivity contribution in [1.82, 2.24) is 19.2 Å². The molecule has 170 valence electrons. The van der Waals surface area contributed by atoms with E-state index in [-0.39, 0.29) is 36.6 Å². The Bertz CT molecular complexity index is 1420. The number of halogens is 1. The number of carbonyl (C=O) groups excluding carboxylic acids is 1. The average Bonchev–Trinajstić information content (AvgIpc) is 3.12. The van der Waals surface area contributed by atoms with Gasteiger partial charge < -0.3 is 9.64 Å². The van der Waals surface area contributed by atoms with Crippen molar-refractivity contribution in [2.24, 2.45) is 0 Å². The molecule has 4 aromatic rings. The van der Waals surface area contributed by atoms with Crippen LogP contribution in [0.15, 0.2) is 70.3 Å². The summed E-state index contributed by atoms with van der Waals surface area (Å²) in [6.45, 7) is 0.0521. The maximum absolute atomic E-state index is 13.4. The third-order valence-corrected chi connectivity index (χ3v) is 5.62. The molecule has 0 unspecified atom stereocenters. The number of aromatic amines is 1. The SMILES string of the molecule is CN(C)C(=O)Cn1c(COCc2ccccc2)c2c(=O)n(-c3ccccc3Cl)[nH]c2cc1=O. The third-order valence-electron chi connectivity index (χ3n) is 5.30. The van der Waals surface area contributed by atoms with Crippen LogP contribution in [0.5, 0.6) is 0 Å². The Morgan fingerprint density at radius 2 is 1.73 bits per heavy atom. The number of hydrogen-bond donors (Lipinski definition) is 1. The molecular weight excluding hydrogens is 444 g/mol. The summed E-state index contributed by atoms with van der Waals surface area (Å²) < 4.78 is 8.46. The van der Waals surface area contributed by atoms with E-state index in [1.807, 2.05) is 30.3 Å². The number of ether oxygens (including phenoxy) is 1. The minimum atomic E-state index is -0.413. The Labute approximate surface area is 194 Å². The van der Waals surface area contributed by atoms with E-state index in [2.05, 4.69) is 5.10 Å². The van der Waals surface area contributed by atoms with Crippen LogP contribution in [-0.2, 0) is 29.3 Å². The van der Waals surface area contributed by atoms with Crippen LogP contribution < -0.4 is 11.1 Å². The molecule has 0 atom stereocenters. The van der Waals surface area contributed by atoms with E-state index in [1.54, 1.807) is 38.4 Å². The van der Waals surface area contributed by atoms with Crippen molar-refractivity contribution in [3.05, 3.63) is 97.7 Å². The minimum Gasteiger partial charge on any atom is -0.371 e. The predicted molar refractivity (Wildman–Crippen MR) is 127 cm³/mol. The van der Waals surface area contributed by atoms with Gasteiger partial charge in [-0.2, -0.15) is 0 Å². The van der Waals surface area contributed by atoms with E-state index in [9.17, 15) is 14.4 Å². The number of rotatable bonds is 7. The summed E-state index contributed by atoms with van der Waals surface area (Å²) in [5, 5.41) is 3.62. The first-order valence-electron chi connectivity index (χ1n) is 10.3. The molecule has 33 heavy (non-hydrogen) atoms. The van der Waals surface area contributed by atoms with Crippen molar-refractivity contribution in [3.63, 3.8) is 0 Å². The number of nitrogens with zero attached hydrogens (tertiary/aromatic N) is 3. The van der Waals surface area contributed by atoms with E-state index >= 15 is 0 Å². The quantitative estimate of drug-likeness (QED) is 0.453. The summed E-state index contributed by atoms with van der Waals surface area (Å²) in [6, 6.07) is 17.8. The van der Waals surface area contributed by atoms with E-state index in [4.69, 9.17) is 16.3 Å². The van der Waals surface area contributed by atoms with Gasteiger partial charge in [0.15, 0.2) is 0 Å². The Morgan fingerprint density at radius 3 is 2.42 bits per heavy atom. The number of likely N-dealkylation sites (N-methyl/N-ethyl adjacent to an activating group) is 1. The second-order valence-corrected chi connectivity index (χ2v) is 8.18. The molecular formula is C24H23ClN4O4. The van der Waals surface area contributed by atoms with Crippen LogP contribution in [-0.4, -0.2) is 39.3 Å². The van der Waals surface area contributed by atoms with E-state index in [0.717, 1.165) is 5.56 Å². The molecule has 9 heteroatoms. The highest BCUT2D eigenvalue weighted by atomic mass is 35.5. The third kappa shape index (κ3) is 4.62. The second kappa shape index (κ2) is 9.48. The Kier molecular flexibility index (Phi) is 6.48. The highest BCUT2D eigenvalue weighted by Gasteiger charge is 2.20. The molecule has 0 aliphatic heterocycles. The Balaban J connectivity index is 1.84. The number of carbonyl (C=O) groups is 1. The van der Waals surface area contributed by atoms with Gasteiger partial charge in [-0.1, -0.05) is 54.1 Å². The van der Waals surface area contributed by atoms with Gasteiger partial charge in [-0.15, -0.1) is 0 Å². The van der Waals surface area contributed by atoms with Gasteiger partial charge in [-0.25, -0.2) is 4.68 Å². The first-order chi connectivity index (χ1) is 15.9. The molecule has 0 spiro atoms. The Morgan fingerprint density at radius 1 is 1.03 bits per heavy atom. The van der Waals surface area contributed by atoms with E-state index in [1.165, 1.54) is 20.2 Å². The van der Waals surface area contributed by atoms with Crippen LogP contribution in [0, 0.1) is 0 Å². The molecule has 0 bridgehead atoms. The highest BCUT2D eigenvalue weighted by molar-refractivity contribution is 6.32. The lowest BCUT2D eigenvalue weighted by molar-refractivity contribution is -0.129. The van der Waals surface area contributed by atoms with Crippen LogP contribution in [0.2, 0.25) is 5.02 Å². The number of benzene rings is 2. The zero-order valence-electron chi connectivity index (χ0n) is 18.2. The van der Waals surface area contributed by atoms with Crippen molar-refractivity contribution in [2.45, 2.75) is 19.8 Å². The second-order valence-electron chi connectivity index (χ2n) is 7.77. The minimum absolute atomic E-state index is 0.0300. The molecule has 2 aromatic heterocycles. The van der Waals surface area contributed by atoms with Crippen molar-refractivity contribution in [1.29, 1.82) is 0 Å². The number of H-pyrrole nitrogens is 1. The van der Waals surface area contributed by atoms with Crippen molar-refractivity contribution < 1.29 is 9.53 Å². The maximum Gasteiger partial charge on any atom is 0.281 e. The lowest BCUT2D eigenvalue weighted by Gasteiger charge is -2.16. The van der Waals surface area contributed by atoms with Gasteiger partial charge in [0, 0.05) is 20.2 Å². The zero-order chi connectivity index (χ0) is 23.5. The number of para-hydroxylation sites is 1. The van der Waals surface area contributed by atoms with Crippen molar-refractivity contribution in [2.75, 3.05) is 14.1 Å². The van der Waals surface area contributed by atoms with Crippen molar-refractivity contribution in [3.8, 4) is 5.69 Å². The van der Waals surface area contributed by atoms with E-state index in [0.29, 0.717) is 21.9 Å². The standard InChI is InChI=1S/C24H23ClN4O4/c1-27(2)22(31)13-28-20(15-33-14-16-8-4-3-5-9-16)23-18(12-21(28)30)26-29(24(23)32)19-11-7-6-10-17(19)25/h3-12,26H,13-15H2,1-2H3. The number of hydrogen-bond acceptors (Lipinski definition) is 4. The smallest absolute Gasteiger partial charge is 0.281 e. The largest absolute Gasteiger partial charge is 0.371 e. The van der Waals surface area contributed by atoms with Gasteiger partial charge in [-0.05, 0) is 17.7 Å². The molecule has 1 amide bonds. The van der Waals surface area contributed by atoms with E-state index < -0.39 is 5.56 Å². The fourth-order valence-corrected chi connectivity index (χ4v) is 3.77. The summed E-state index contributed by atoms with van der Waals surface area (Å²) in [6.07, 6.45) is 0. The summed E-state index contributed by atoms with van der Waals surface area (Å²) in [4.78, 5) is 40.2. The molecule has 0 aliphatic rings. The lowest BCUT2D eigenvalue weighted by Crippen LogP contribution is -2.33. The molecule has 1 N–H and O–H groups in total. The van der Waals surface area contributed by atoms with Crippen LogP contribution in [0.1, 0.15) is 11.3 Å². The van der Waals surface area contributed by atoms with Crippen LogP contribution in [0.3, 0.4) is 0 Å². The number of amides is 1. The average molecular weight is 467 g/mol.